The summed E-state index contributed by atoms with van der Waals surface area (Å²) in [6, 6.07) is 4.02. The number of anilines is 1. The summed E-state index contributed by atoms with van der Waals surface area (Å²) in [5.41, 5.74) is 0. The van der Waals surface area contributed by atoms with Gasteiger partial charge in [0.05, 0.1) is 12.2 Å². The van der Waals surface area contributed by atoms with Gasteiger partial charge in [-0.25, -0.2) is 9.37 Å². The van der Waals surface area contributed by atoms with Gasteiger partial charge in [0.15, 0.2) is 11.6 Å². The predicted molar refractivity (Wildman–Crippen MR) is 68.1 cm³/mol. The highest BCUT2D eigenvalue weighted by atomic mass is 35.5. The quantitative estimate of drug-likeness (QED) is 0.863. The number of hydrogen-bond donors (Lipinski definition) is 1. The summed E-state index contributed by atoms with van der Waals surface area (Å²) in [4.78, 5) is 9.72. The molecule has 1 atom stereocenters. The zero-order valence-electron chi connectivity index (χ0n) is 9.37. The van der Waals surface area contributed by atoms with Crippen LogP contribution in [-0.4, -0.2) is 9.97 Å². The van der Waals surface area contributed by atoms with Gasteiger partial charge in [-0.15, -0.1) is 11.3 Å². The first-order valence-corrected chi connectivity index (χ1v) is 6.26. The number of thiophene rings is 1. The van der Waals surface area contributed by atoms with Gasteiger partial charge in [0.2, 0.25) is 5.28 Å². The lowest BCUT2D eigenvalue weighted by Gasteiger charge is -2.13. The highest BCUT2D eigenvalue weighted by molar-refractivity contribution is 7.12. The molecule has 17 heavy (non-hydrogen) atoms. The molecule has 2 heterocycles. The van der Waals surface area contributed by atoms with Gasteiger partial charge in [0.25, 0.3) is 0 Å². The van der Waals surface area contributed by atoms with E-state index in [4.69, 9.17) is 11.6 Å². The standard InChI is InChI=1S/C11H11ClFN3S/c1-6-3-4-9(17-6)7(2)15-10-8(13)5-14-11(12)16-10/h3-5,7H,1-2H3,(H,14,15,16). The average Bonchev–Trinajstić information content (AvgIpc) is 2.70. The lowest BCUT2D eigenvalue weighted by molar-refractivity contribution is 0.614. The summed E-state index contributed by atoms with van der Waals surface area (Å²) in [6.45, 7) is 3.98. The zero-order valence-corrected chi connectivity index (χ0v) is 10.9. The molecule has 0 spiro atoms. The van der Waals surface area contributed by atoms with Crippen LogP contribution in [0.25, 0.3) is 0 Å². The van der Waals surface area contributed by atoms with Crippen LogP contribution in [0.2, 0.25) is 5.28 Å². The minimum absolute atomic E-state index is 0.0193. The fourth-order valence-corrected chi connectivity index (χ4v) is 2.42. The van der Waals surface area contributed by atoms with Crippen LogP contribution in [0, 0.1) is 12.7 Å². The molecule has 2 aromatic heterocycles. The monoisotopic (exact) mass is 271 g/mol. The van der Waals surface area contributed by atoms with E-state index in [0.717, 1.165) is 11.1 Å². The van der Waals surface area contributed by atoms with Crippen LogP contribution in [0.5, 0.6) is 0 Å². The molecule has 6 heteroatoms. The lowest BCUT2D eigenvalue weighted by Crippen LogP contribution is -2.08. The van der Waals surface area contributed by atoms with Gasteiger partial charge in [-0.2, -0.15) is 4.98 Å². The number of halogens is 2. The largest absolute Gasteiger partial charge is 0.360 e. The van der Waals surface area contributed by atoms with E-state index in [1.807, 2.05) is 26.0 Å². The number of rotatable bonds is 3. The highest BCUT2D eigenvalue weighted by Gasteiger charge is 2.12. The Morgan fingerprint density at radius 2 is 2.24 bits per heavy atom. The van der Waals surface area contributed by atoms with E-state index < -0.39 is 5.82 Å². The molecule has 0 bridgehead atoms. The molecule has 90 valence electrons. The SMILES string of the molecule is Cc1ccc(C(C)Nc2nc(Cl)ncc2F)s1. The maximum Gasteiger partial charge on any atom is 0.224 e. The Balaban J connectivity index is 2.18. The Labute approximate surface area is 108 Å². The molecule has 2 aromatic rings. The Kier molecular flexibility index (Phi) is 3.59. The van der Waals surface area contributed by atoms with Crippen LogP contribution in [-0.2, 0) is 0 Å². The van der Waals surface area contributed by atoms with Gasteiger partial charge in [-0.1, -0.05) is 0 Å². The second-order valence-electron chi connectivity index (χ2n) is 3.65. The molecular formula is C11H11ClFN3S. The third kappa shape index (κ3) is 2.92. The topological polar surface area (TPSA) is 37.8 Å². The Bertz CT molecular complexity index is 529. The van der Waals surface area contributed by atoms with Crippen LogP contribution in [0.1, 0.15) is 22.7 Å². The summed E-state index contributed by atoms with van der Waals surface area (Å²) in [6.07, 6.45) is 1.06. The third-order valence-electron chi connectivity index (χ3n) is 2.26. The molecule has 0 fully saturated rings. The Morgan fingerprint density at radius 1 is 1.47 bits per heavy atom. The molecule has 0 aromatic carbocycles. The molecule has 3 nitrogen and oxygen atoms in total. The number of aromatic nitrogens is 2. The molecule has 1 unspecified atom stereocenters. The Morgan fingerprint density at radius 3 is 2.88 bits per heavy atom. The molecule has 0 amide bonds. The summed E-state index contributed by atoms with van der Waals surface area (Å²) in [5.74, 6) is -0.377. The summed E-state index contributed by atoms with van der Waals surface area (Å²) < 4.78 is 13.4. The molecule has 0 aliphatic carbocycles. The maximum atomic E-state index is 13.4. The fraction of sp³-hybridized carbons (Fsp3) is 0.273. The average molecular weight is 272 g/mol. The van der Waals surface area contributed by atoms with Crippen molar-refractivity contribution in [2.24, 2.45) is 0 Å². The van der Waals surface area contributed by atoms with Crippen LogP contribution in [0.3, 0.4) is 0 Å². The fourth-order valence-electron chi connectivity index (χ4n) is 1.41. The minimum atomic E-state index is -0.505. The van der Waals surface area contributed by atoms with E-state index in [9.17, 15) is 4.39 Å². The first kappa shape index (κ1) is 12.3. The van der Waals surface area contributed by atoms with Crippen molar-refractivity contribution in [2.75, 3.05) is 5.32 Å². The minimum Gasteiger partial charge on any atom is -0.360 e. The summed E-state index contributed by atoms with van der Waals surface area (Å²) in [7, 11) is 0. The van der Waals surface area contributed by atoms with Crippen LogP contribution in [0.4, 0.5) is 10.2 Å². The van der Waals surface area contributed by atoms with Crippen molar-refractivity contribution in [3.8, 4) is 0 Å². The molecule has 0 radical (unpaired) electrons. The van der Waals surface area contributed by atoms with Gasteiger partial charge in [0, 0.05) is 9.75 Å². The van der Waals surface area contributed by atoms with Crippen molar-refractivity contribution in [1.82, 2.24) is 9.97 Å². The van der Waals surface area contributed by atoms with Gasteiger partial charge < -0.3 is 5.32 Å². The van der Waals surface area contributed by atoms with Crippen molar-refractivity contribution >= 4 is 28.8 Å². The maximum absolute atomic E-state index is 13.4. The second kappa shape index (κ2) is 4.98. The molecule has 2 rings (SSSR count). The zero-order chi connectivity index (χ0) is 12.4. The molecule has 0 aliphatic heterocycles. The number of nitrogens with zero attached hydrogens (tertiary/aromatic N) is 2. The van der Waals surface area contributed by atoms with E-state index in [0.29, 0.717) is 0 Å². The van der Waals surface area contributed by atoms with Crippen LogP contribution >= 0.6 is 22.9 Å². The number of nitrogens with one attached hydrogen (secondary N) is 1. The van der Waals surface area contributed by atoms with Crippen molar-refractivity contribution in [1.29, 1.82) is 0 Å². The van der Waals surface area contributed by atoms with Crippen molar-refractivity contribution in [3.05, 3.63) is 39.2 Å². The van der Waals surface area contributed by atoms with E-state index in [2.05, 4.69) is 15.3 Å². The molecule has 1 N–H and O–H groups in total. The van der Waals surface area contributed by atoms with Crippen molar-refractivity contribution < 1.29 is 4.39 Å². The lowest BCUT2D eigenvalue weighted by atomic mass is 10.2. The smallest absolute Gasteiger partial charge is 0.224 e. The molecular weight excluding hydrogens is 261 g/mol. The molecule has 0 saturated heterocycles. The van der Waals surface area contributed by atoms with Crippen molar-refractivity contribution in [2.45, 2.75) is 19.9 Å². The van der Waals surface area contributed by atoms with Gasteiger partial charge in [-0.3, -0.25) is 0 Å². The van der Waals surface area contributed by atoms with Gasteiger partial charge >= 0.3 is 0 Å². The van der Waals surface area contributed by atoms with Crippen molar-refractivity contribution in [3.63, 3.8) is 0 Å². The first-order chi connectivity index (χ1) is 8.06. The molecule has 0 saturated carbocycles. The number of hydrogen-bond acceptors (Lipinski definition) is 4. The summed E-state index contributed by atoms with van der Waals surface area (Å²) >= 11 is 7.29. The van der Waals surface area contributed by atoms with Gasteiger partial charge in [-0.05, 0) is 37.6 Å². The van der Waals surface area contributed by atoms with Gasteiger partial charge in [0.1, 0.15) is 0 Å². The Hall–Kier alpha value is -1.20. The van der Waals surface area contributed by atoms with Crippen LogP contribution < -0.4 is 5.32 Å². The van der Waals surface area contributed by atoms with Crippen LogP contribution in [0.15, 0.2) is 18.3 Å². The van der Waals surface area contributed by atoms with E-state index >= 15 is 0 Å². The van der Waals surface area contributed by atoms with E-state index in [1.165, 1.54) is 4.88 Å². The highest BCUT2D eigenvalue weighted by Crippen LogP contribution is 2.26. The normalized spacial score (nSPS) is 12.5. The number of aryl methyl sites for hydroxylation is 1. The van der Waals surface area contributed by atoms with E-state index in [1.54, 1.807) is 11.3 Å². The first-order valence-electron chi connectivity index (χ1n) is 5.07. The summed E-state index contributed by atoms with van der Waals surface area (Å²) in [5, 5.41) is 3.01. The van der Waals surface area contributed by atoms with E-state index in [-0.39, 0.29) is 17.1 Å². The second-order valence-corrected chi connectivity index (χ2v) is 5.31. The molecule has 0 aliphatic rings. The third-order valence-corrected chi connectivity index (χ3v) is 3.62. The predicted octanol–water partition coefficient (Wildman–Crippen LogP) is 3.81.